The molecule has 0 fully saturated rings. The van der Waals surface area contributed by atoms with Crippen LogP contribution in [0.2, 0.25) is 0 Å². The van der Waals surface area contributed by atoms with Crippen LogP contribution >= 0.6 is 0 Å². The zero-order valence-corrected chi connectivity index (χ0v) is 9.75. The third-order valence-corrected chi connectivity index (χ3v) is 2.27. The predicted octanol–water partition coefficient (Wildman–Crippen LogP) is 1.34. The van der Waals surface area contributed by atoms with Crippen LogP contribution < -0.4 is 11.1 Å². The van der Waals surface area contributed by atoms with Gasteiger partial charge in [0.15, 0.2) is 0 Å². The maximum absolute atomic E-state index is 11.7. The van der Waals surface area contributed by atoms with Crippen LogP contribution in [0.1, 0.15) is 22.8 Å². The quantitative estimate of drug-likeness (QED) is 0.583. The smallest absolute Gasteiger partial charge is 0.251 e. The summed E-state index contributed by atoms with van der Waals surface area (Å²) >= 11 is 0. The van der Waals surface area contributed by atoms with Gasteiger partial charge in [-0.2, -0.15) is 0 Å². The highest BCUT2D eigenvalue weighted by Crippen LogP contribution is 2.12. The fraction of sp³-hybridized carbons (Fsp3) is 0.417. The first-order chi connectivity index (χ1) is 7.65. The molecule has 0 saturated heterocycles. The molecule has 0 aliphatic rings. The molecule has 0 heterocycles. The molecule has 0 unspecified atom stereocenters. The molecule has 4 nitrogen and oxygen atoms in total. The lowest BCUT2D eigenvalue weighted by atomic mass is 10.1. The summed E-state index contributed by atoms with van der Waals surface area (Å²) in [5, 5.41) is 2.78. The van der Waals surface area contributed by atoms with E-state index in [4.69, 9.17) is 10.5 Å². The highest BCUT2D eigenvalue weighted by molar-refractivity contribution is 5.94. The Bertz CT molecular complexity index is 364. The Balaban J connectivity index is 2.50. The lowest BCUT2D eigenvalue weighted by Gasteiger charge is -2.07. The van der Waals surface area contributed by atoms with Gasteiger partial charge in [0.2, 0.25) is 0 Å². The number of nitrogens with one attached hydrogen (secondary N) is 1. The second kappa shape index (κ2) is 6.12. The molecular weight excluding hydrogens is 204 g/mol. The molecule has 1 amide bonds. The molecule has 0 radical (unpaired) electrons. The molecule has 0 atom stereocenters. The molecule has 3 N–H and O–H groups in total. The van der Waals surface area contributed by atoms with Crippen LogP contribution in [0, 0.1) is 6.92 Å². The Morgan fingerprint density at radius 1 is 1.50 bits per heavy atom. The molecule has 1 rings (SSSR count). The number of hydrogen-bond acceptors (Lipinski definition) is 3. The summed E-state index contributed by atoms with van der Waals surface area (Å²) in [6.45, 7) is 5.53. The summed E-state index contributed by atoms with van der Waals surface area (Å²) in [6, 6.07) is 5.25. The van der Waals surface area contributed by atoms with Crippen molar-refractivity contribution in [3.63, 3.8) is 0 Å². The Hall–Kier alpha value is -1.55. The molecule has 88 valence electrons. The van der Waals surface area contributed by atoms with Gasteiger partial charge in [-0.1, -0.05) is 0 Å². The maximum atomic E-state index is 11.7. The highest BCUT2D eigenvalue weighted by atomic mass is 16.5. The fourth-order valence-electron chi connectivity index (χ4n) is 1.30. The van der Waals surface area contributed by atoms with E-state index in [1.807, 2.05) is 13.8 Å². The minimum atomic E-state index is -0.0946. The van der Waals surface area contributed by atoms with Gasteiger partial charge >= 0.3 is 0 Å². The number of hydrogen-bond donors (Lipinski definition) is 2. The summed E-state index contributed by atoms with van der Waals surface area (Å²) in [7, 11) is 0. The number of benzene rings is 1. The summed E-state index contributed by atoms with van der Waals surface area (Å²) in [5.41, 5.74) is 7.92. The first-order valence-electron chi connectivity index (χ1n) is 5.37. The average molecular weight is 222 g/mol. The van der Waals surface area contributed by atoms with Crippen LogP contribution in [0.3, 0.4) is 0 Å². The van der Waals surface area contributed by atoms with E-state index in [1.165, 1.54) is 0 Å². The molecule has 0 aromatic heterocycles. The highest BCUT2D eigenvalue weighted by Gasteiger charge is 2.05. The third-order valence-electron chi connectivity index (χ3n) is 2.27. The second-order valence-electron chi connectivity index (χ2n) is 3.52. The van der Waals surface area contributed by atoms with Crippen LogP contribution in [0.5, 0.6) is 0 Å². The van der Waals surface area contributed by atoms with Crippen molar-refractivity contribution in [2.24, 2.45) is 0 Å². The number of aryl methyl sites for hydroxylation is 1. The van der Waals surface area contributed by atoms with Crippen molar-refractivity contribution < 1.29 is 9.53 Å². The zero-order chi connectivity index (χ0) is 12.0. The summed E-state index contributed by atoms with van der Waals surface area (Å²) in [5.74, 6) is -0.0946. The van der Waals surface area contributed by atoms with Crippen molar-refractivity contribution >= 4 is 11.6 Å². The lowest BCUT2D eigenvalue weighted by molar-refractivity contribution is 0.0922. The summed E-state index contributed by atoms with van der Waals surface area (Å²) < 4.78 is 5.13. The third kappa shape index (κ3) is 3.55. The van der Waals surface area contributed by atoms with Gasteiger partial charge in [-0.15, -0.1) is 0 Å². The van der Waals surface area contributed by atoms with E-state index in [9.17, 15) is 4.79 Å². The van der Waals surface area contributed by atoms with Crippen LogP contribution in [0.15, 0.2) is 18.2 Å². The predicted molar refractivity (Wildman–Crippen MR) is 64.4 cm³/mol. The van der Waals surface area contributed by atoms with Crippen molar-refractivity contribution in [2.75, 3.05) is 25.5 Å². The van der Waals surface area contributed by atoms with Gasteiger partial charge in [-0.3, -0.25) is 4.79 Å². The Kier molecular flexibility index (Phi) is 4.79. The van der Waals surface area contributed by atoms with E-state index in [-0.39, 0.29) is 5.91 Å². The van der Waals surface area contributed by atoms with Crippen molar-refractivity contribution in [1.82, 2.24) is 5.32 Å². The van der Waals surface area contributed by atoms with Crippen molar-refractivity contribution in [3.8, 4) is 0 Å². The van der Waals surface area contributed by atoms with E-state index in [2.05, 4.69) is 5.32 Å². The van der Waals surface area contributed by atoms with Gasteiger partial charge in [0.05, 0.1) is 6.61 Å². The Labute approximate surface area is 95.8 Å². The SMILES string of the molecule is CCOCCNC(=O)c1ccc(N)c(C)c1. The number of nitrogen functional groups attached to an aromatic ring is 1. The number of ether oxygens (including phenoxy) is 1. The van der Waals surface area contributed by atoms with Crippen LogP contribution in [0.25, 0.3) is 0 Å². The minimum Gasteiger partial charge on any atom is -0.399 e. The molecule has 1 aromatic carbocycles. The van der Waals surface area contributed by atoms with Crippen LogP contribution in [-0.2, 0) is 4.74 Å². The van der Waals surface area contributed by atoms with E-state index < -0.39 is 0 Å². The number of rotatable bonds is 5. The maximum Gasteiger partial charge on any atom is 0.251 e. The lowest BCUT2D eigenvalue weighted by Crippen LogP contribution is -2.27. The molecule has 4 heteroatoms. The van der Waals surface area contributed by atoms with Gasteiger partial charge < -0.3 is 15.8 Å². The molecule has 0 aliphatic carbocycles. The van der Waals surface area contributed by atoms with Gasteiger partial charge in [0, 0.05) is 24.4 Å². The van der Waals surface area contributed by atoms with Gasteiger partial charge in [-0.25, -0.2) is 0 Å². The zero-order valence-electron chi connectivity index (χ0n) is 9.75. The summed E-state index contributed by atoms with van der Waals surface area (Å²) in [4.78, 5) is 11.7. The standard InChI is InChI=1S/C12H18N2O2/c1-3-16-7-6-14-12(15)10-4-5-11(13)9(2)8-10/h4-5,8H,3,6-7,13H2,1-2H3,(H,14,15). The number of amides is 1. The van der Waals surface area contributed by atoms with Crippen molar-refractivity contribution in [3.05, 3.63) is 29.3 Å². The molecule has 0 spiro atoms. The normalized spacial score (nSPS) is 10.1. The van der Waals surface area contributed by atoms with E-state index in [0.717, 1.165) is 5.56 Å². The first-order valence-corrected chi connectivity index (χ1v) is 5.37. The van der Waals surface area contributed by atoms with Gasteiger partial charge in [0.1, 0.15) is 0 Å². The van der Waals surface area contributed by atoms with E-state index in [0.29, 0.717) is 31.0 Å². The number of carbonyl (C=O) groups is 1. The molecule has 16 heavy (non-hydrogen) atoms. The topological polar surface area (TPSA) is 64.3 Å². The number of carbonyl (C=O) groups excluding carboxylic acids is 1. The van der Waals surface area contributed by atoms with Gasteiger partial charge in [0.25, 0.3) is 5.91 Å². The van der Waals surface area contributed by atoms with Gasteiger partial charge in [-0.05, 0) is 37.6 Å². The molecule has 0 bridgehead atoms. The largest absolute Gasteiger partial charge is 0.399 e. The van der Waals surface area contributed by atoms with Crippen molar-refractivity contribution in [1.29, 1.82) is 0 Å². The van der Waals surface area contributed by atoms with E-state index >= 15 is 0 Å². The number of anilines is 1. The molecule has 1 aromatic rings. The van der Waals surface area contributed by atoms with Crippen LogP contribution in [-0.4, -0.2) is 25.7 Å². The Morgan fingerprint density at radius 3 is 2.88 bits per heavy atom. The molecular formula is C12H18N2O2. The van der Waals surface area contributed by atoms with Crippen molar-refractivity contribution in [2.45, 2.75) is 13.8 Å². The average Bonchev–Trinajstić information content (AvgIpc) is 2.28. The summed E-state index contributed by atoms with van der Waals surface area (Å²) in [6.07, 6.45) is 0. The second-order valence-corrected chi connectivity index (χ2v) is 3.52. The number of nitrogens with two attached hydrogens (primary N) is 1. The van der Waals surface area contributed by atoms with E-state index in [1.54, 1.807) is 18.2 Å². The monoisotopic (exact) mass is 222 g/mol. The molecule has 0 aliphatic heterocycles. The minimum absolute atomic E-state index is 0.0946. The Morgan fingerprint density at radius 2 is 2.25 bits per heavy atom. The molecule has 0 saturated carbocycles. The van der Waals surface area contributed by atoms with Crippen LogP contribution in [0.4, 0.5) is 5.69 Å². The first kappa shape index (κ1) is 12.5. The fourth-order valence-corrected chi connectivity index (χ4v) is 1.30.